The Labute approximate surface area is 373 Å². The number of aromatic nitrogens is 1. The van der Waals surface area contributed by atoms with Gasteiger partial charge in [-0.1, -0.05) is 45.7 Å². The Hall–Kier alpha value is -5.45. The van der Waals surface area contributed by atoms with Crippen molar-refractivity contribution in [1.29, 1.82) is 5.26 Å². The zero-order valence-electron chi connectivity index (χ0n) is 36.7. The van der Waals surface area contributed by atoms with E-state index in [4.69, 9.17) is 0 Å². The fourth-order valence-electron chi connectivity index (χ4n) is 10.7. The summed E-state index contributed by atoms with van der Waals surface area (Å²) in [6.07, 6.45) is 8.11. The molecule has 3 aromatic carbocycles. The van der Waals surface area contributed by atoms with Crippen molar-refractivity contribution in [2.24, 2.45) is 0 Å². The molecule has 0 saturated carbocycles. The maximum absolute atomic E-state index is 14.1. The molecule has 4 aliphatic heterocycles. The van der Waals surface area contributed by atoms with E-state index in [0.29, 0.717) is 36.6 Å². The average Bonchev–Trinajstić information content (AvgIpc) is 3.86. The molecule has 1 atom stereocenters. The highest BCUT2D eigenvalue weighted by molar-refractivity contribution is 7.99. The number of amides is 4. The summed E-state index contributed by atoms with van der Waals surface area (Å²) >= 11 is 1.75. The fraction of sp³-hybridized carbons (Fsp3) is 0.480. The van der Waals surface area contributed by atoms with Gasteiger partial charge in [-0.05, 0) is 97.4 Å². The van der Waals surface area contributed by atoms with Crippen LogP contribution in [0.15, 0.2) is 53.4 Å². The van der Waals surface area contributed by atoms with Gasteiger partial charge in [-0.3, -0.25) is 34.2 Å². The van der Waals surface area contributed by atoms with Crippen LogP contribution in [0.3, 0.4) is 0 Å². The van der Waals surface area contributed by atoms with E-state index in [2.05, 4.69) is 64.0 Å². The number of ketones is 1. The molecule has 13 heteroatoms. The van der Waals surface area contributed by atoms with Crippen LogP contribution >= 0.6 is 11.8 Å². The number of hydrogen-bond acceptors (Lipinski definition) is 9. The van der Waals surface area contributed by atoms with E-state index in [1.807, 2.05) is 30.3 Å². The van der Waals surface area contributed by atoms with Crippen LogP contribution in [0.4, 0.5) is 5.69 Å². The van der Waals surface area contributed by atoms with Gasteiger partial charge in [0.05, 0.1) is 17.2 Å². The average molecular weight is 868 g/mol. The molecule has 328 valence electrons. The summed E-state index contributed by atoms with van der Waals surface area (Å²) < 4.78 is 0. The zero-order valence-corrected chi connectivity index (χ0v) is 37.5. The number of imide groups is 1. The molecular weight excluding hydrogens is 811 g/mol. The number of unbranched alkanes of at least 4 members (excludes halogenated alkanes) is 3. The first-order valence-corrected chi connectivity index (χ1v) is 23.9. The molecular formula is C50H57N7O5S. The topological polar surface area (TPSA) is 150 Å². The molecule has 5 aliphatic rings. The maximum Gasteiger partial charge on any atom is 0.255 e. The minimum atomic E-state index is -0.609. The van der Waals surface area contributed by atoms with Crippen molar-refractivity contribution < 1.29 is 24.0 Å². The van der Waals surface area contributed by atoms with Gasteiger partial charge in [0.15, 0.2) is 5.78 Å². The van der Waals surface area contributed by atoms with E-state index >= 15 is 0 Å². The second-order valence-electron chi connectivity index (χ2n) is 18.4. The molecule has 2 N–H and O–H groups in total. The first kappa shape index (κ1) is 42.8. The van der Waals surface area contributed by atoms with Gasteiger partial charge in [-0.2, -0.15) is 5.26 Å². The number of aromatic amines is 1. The molecule has 1 aromatic heterocycles. The molecule has 5 heterocycles. The van der Waals surface area contributed by atoms with Crippen LogP contribution in [0.1, 0.15) is 133 Å². The van der Waals surface area contributed by atoms with Crippen LogP contribution in [0.25, 0.3) is 10.9 Å². The molecule has 9 rings (SSSR count). The minimum absolute atomic E-state index is 0.0511. The summed E-state index contributed by atoms with van der Waals surface area (Å²) in [6.45, 7) is 12.2. The number of nitriles is 1. The SMILES string of the molecule is CCc1cc2c(cc1N1CCC(N3CCN(C(=O)CCCCCCSc4cccc5c4CN(C4CCC(=O)NC4=O)C5=O)CC3)CC1)C(C)(C)c1[nH]c3cc(C#N)ccc3c1C2=O. The lowest BCUT2D eigenvalue weighted by atomic mass is 9.70. The van der Waals surface area contributed by atoms with Gasteiger partial charge in [0.2, 0.25) is 17.7 Å². The van der Waals surface area contributed by atoms with Crippen LogP contribution in [-0.4, -0.2) is 106 Å². The summed E-state index contributed by atoms with van der Waals surface area (Å²) in [5.41, 5.74) is 8.51. The van der Waals surface area contributed by atoms with Crippen molar-refractivity contribution in [3.05, 3.63) is 93.2 Å². The summed E-state index contributed by atoms with van der Waals surface area (Å²) in [5, 5.41) is 12.7. The second kappa shape index (κ2) is 17.6. The molecule has 4 aromatic rings. The van der Waals surface area contributed by atoms with Gasteiger partial charge >= 0.3 is 0 Å². The molecule has 3 saturated heterocycles. The van der Waals surface area contributed by atoms with Crippen LogP contribution in [0.5, 0.6) is 0 Å². The Morgan fingerprint density at radius 2 is 1.68 bits per heavy atom. The predicted octanol–water partition coefficient (Wildman–Crippen LogP) is 7.09. The molecule has 0 bridgehead atoms. The first-order valence-electron chi connectivity index (χ1n) is 22.9. The van der Waals surface area contributed by atoms with Crippen LogP contribution < -0.4 is 10.2 Å². The Bertz CT molecular complexity index is 2540. The summed E-state index contributed by atoms with van der Waals surface area (Å²) in [7, 11) is 0. The fourth-order valence-corrected chi connectivity index (χ4v) is 11.8. The van der Waals surface area contributed by atoms with Crippen molar-refractivity contribution in [3.63, 3.8) is 0 Å². The van der Waals surface area contributed by atoms with Gasteiger partial charge < -0.3 is 19.7 Å². The number of fused-ring (bicyclic) bond motifs is 5. The van der Waals surface area contributed by atoms with Gasteiger partial charge in [-0.15, -0.1) is 11.8 Å². The van der Waals surface area contributed by atoms with Crippen LogP contribution in [-0.2, 0) is 32.8 Å². The molecule has 0 radical (unpaired) electrons. The maximum atomic E-state index is 14.1. The van der Waals surface area contributed by atoms with Gasteiger partial charge in [0, 0.05) is 108 Å². The standard InChI is InChI=1S/C50H57N7O5S/c1-4-32-27-36-38(50(2,3)47-45(46(36)60)35-14-13-31(29-51)26-39(35)52-47)28-41(32)55-19-17-33(18-20-55)54-21-23-56(24-22-54)44(59)12-7-5-6-8-25-63-42-11-9-10-34-37(42)30-57(49(34)62)40-15-16-43(58)53-48(40)61/h9-11,13-14,26-28,33,40,52H,4-8,12,15-25,30H2,1-3H3,(H,53,58,61). The number of carbonyl (C=O) groups excluding carboxylic acids is 5. The van der Waals surface area contributed by atoms with Crippen LogP contribution in [0, 0.1) is 11.3 Å². The van der Waals surface area contributed by atoms with Crippen molar-refractivity contribution in [1.82, 2.24) is 25.0 Å². The number of rotatable bonds is 12. The number of hydrogen-bond donors (Lipinski definition) is 2. The molecule has 3 fully saturated rings. The number of nitrogens with zero attached hydrogens (tertiary/aromatic N) is 5. The quantitative estimate of drug-likeness (QED) is 0.0865. The summed E-state index contributed by atoms with van der Waals surface area (Å²) in [5.74, 6) is 0.415. The normalized spacial score (nSPS) is 20.2. The van der Waals surface area contributed by atoms with E-state index in [9.17, 15) is 29.2 Å². The highest BCUT2D eigenvalue weighted by Gasteiger charge is 2.42. The summed E-state index contributed by atoms with van der Waals surface area (Å²) in [6, 6.07) is 17.8. The summed E-state index contributed by atoms with van der Waals surface area (Å²) in [4.78, 5) is 78.0. The number of nitrogens with one attached hydrogen (secondary N) is 2. The number of H-pyrrole nitrogens is 1. The number of anilines is 1. The predicted molar refractivity (Wildman–Crippen MR) is 244 cm³/mol. The largest absolute Gasteiger partial charge is 0.371 e. The lowest BCUT2D eigenvalue weighted by Gasteiger charge is -2.44. The Balaban J connectivity index is 0.711. The molecule has 1 aliphatic carbocycles. The Morgan fingerprint density at radius 3 is 2.43 bits per heavy atom. The Kier molecular flexibility index (Phi) is 12.0. The highest BCUT2D eigenvalue weighted by atomic mass is 32.2. The number of thioether (sulfide) groups is 1. The molecule has 12 nitrogen and oxygen atoms in total. The van der Waals surface area contributed by atoms with Gasteiger partial charge in [-0.25, -0.2) is 0 Å². The van der Waals surface area contributed by atoms with Gasteiger partial charge in [0.1, 0.15) is 6.04 Å². The molecule has 1 unspecified atom stereocenters. The zero-order chi connectivity index (χ0) is 44.0. The van der Waals surface area contributed by atoms with Crippen molar-refractivity contribution in [2.75, 3.05) is 49.9 Å². The van der Waals surface area contributed by atoms with Crippen molar-refractivity contribution in [2.45, 2.75) is 114 Å². The highest BCUT2D eigenvalue weighted by Crippen LogP contribution is 2.46. The second-order valence-corrected chi connectivity index (χ2v) is 19.5. The Morgan fingerprint density at radius 1 is 0.905 bits per heavy atom. The third-order valence-electron chi connectivity index (χ3n) is 14.4. The van der Waals surface area contributed by atoms with Gasteiger partial charge in [0.25, 0.3) is 5.91 Å². The number of carbonyl (C=O) groups is 5. The number of piperazine rings is 1. The van der Waals surface area contributed by atoms with Crippen molar-refractivity contribution in [3.8, 4) is 6.07 Å². The van der Waals surface area contributed by atoms with E-state index in [-0.39, 0.29) is 35.8 Å². The smallest absolute Gasteiger partial charge is 0.255 e. The molecule has 0 spiro atoms. The molecule has 63 heavy (non-hydrogen) atoms. The lowest BCUT2D eigenvalue weighted by molar-refractivity contribution is -0.137. The van der Waals surface area contributed by atoms with E-state index in [1.54, 1.807) is 22.7 Å². The third-order valence-corrected chi connectivity index (χ3v) is 15.6. The van der Waals surface area contributed by atoms with E-state index in [1.165, 1.54) is 11.3 Å². The number of piperidine rings is 2. The lowest BCUT2D eigenvalue weighted by Crippen LogP contribution is -2.54. The van der Waals surface area contributed by atoms with E-state index < -0.39 is 11.5 Å². The first-order chi connectivity index (χ1) is 30.5. The van der Waals surface area contributed by atoms with Crippen LogP contribution in [0.2, 0.25) is 0 Å². The molecule has 4 amide bonds. The van der Waals surface area contributed by atoms with Crippen molar-refractivity contribution >= 4 is 57.8 Å². The third kappa shape index (κ3) is 8.05. The monoisotopic (exact) mass is 867 g/mol. The van der Waals surface area contributed by atoms with E-state index in [0.717, 1.165) is 134 Å². The minimum Gasteiger partial charge on any atom is -0.371 e. The number of benzene rings is 3. The number of aryl methyl sites for hydroxylation is 1.